The van der Waals surface area contributed by atoms with Crippen LogP contribution in [-0.2, 0) is 11.2 Å². The van der Waals surface area contributed by atoms with Crippen molar-refractivity contribution in [1.82, 2.24) is 4.90 Å². The fourth-order valence-corrected chi connectivity index (χ4v) is 6.46. The number of hydrogen-bond donors (Lipinski definition) is 1. The molecule has 0 aromatic heterocycles. The zero-order chi connectivity index (χ0) is 28.8. The molecule has 0 radical (unpaired) electrons. The van der Waals surface area contributed by atoms with Gasteiger partial charge in [-0.1, -0.05) is 56.2 Å². The molecule has 1 N–H and O–H groups in total. The van der Waals surface area contributed by atoms with E-state index >= 15 is 0 Å². The van der Waals surface area contributed by atoms with Crippen molar-refractivity contribution in [3.05, 3.63) is 70.3 Å². The Morgan fingerprint density at radius 2 is 2.02 bits per heavy atom. The van der Waals surface area contributed by atoms with Crippen LogP contribution in [0.5, 0.6) is 5.75 Å². The van der Waals surface area contributed by atoms with E-state index in [2.05, 4.69) is 49.1 Å². The molecule has 1 saturated carbocycles. The number of aliphatic hydroxyl groups excluding tert-OH is 1. The first-order valence-electron chi connectivity index (χ1n) is 15.0. The van der Waals surface area contributed by atoms with Crippen molar-refractivity contribution in [1.29, 1.82) is 0 Å². The molecule has 0 saturated heterocycles. The number of nitrogens with zero attached hydrogens (tertiary/aromatic N) is 2. The second kappa shape index (κ2) is 13.9. The van der Waals surface area contributed by atoms with Crippen LogP contribution in [0.2, 0.25) is 5.02 Å². The zero-order valence-electron chi connectivity index (χ0n) is 24.9. The average molecular weight is 567 g/mol. The molecule has 40 heavy (non-hydrogen) atoms. The normalized spacial score (nSPS) is 22.2. The minimum absolute atomic E-state index is 0.111. The highest BCUT2D eigenvalue weighted by Gasteiger charge is 2.37. The summed E-state index contributed by atoms with van der Waals surface area (Å²) in [7, 11) is 1.86. The van der Waals surface area contributed by atoms with E-state index in [-0.39, 0.29) is 11.8 Å². The first-order chi connectivity index (χ1) is 19.2. The number of hydrogen-bond acceptors (Lipinski definition) is 4. The largest absolute Gasteiger partial charge is 0.491 e. The molecular formula is C34H47ClN2O3. The third-order valence-corrected chi connectivity index (χ3v) is 9.20. The summed E-state index contributed by atoms with van der Waals surface area (Å²) < 4.78 is 6.46. The van der Waals surface area contributed by atoms with Crippen molar-refractivity contribution in [3.8, 4) is 5.75 Å². The van der Waals surface area contributed by atoms with E-state index in [9.17, 15) is 9.90 Å². The Bertz CT molecular complexity index is 1180. The van der Waals surface area contributed by atoms with Gasteiger partial charge < -0.3 is 19.6 Å². The van der Waals surface area contributed by atoms with Crippen molar-refractivity contribution in [2.75, 3.05) is 38.2 Å². The Kier molecular flexibility index (Phi) is 10.6. The van der Waals surface area contributed by atoms with Crippen molar-refractivity contribution in [3.63, 3.8) is 0 Å². The molecule has 2 aliphatic rings. The van der Waals surface area contributed by atoms with Crippen LogP contribution in [0.25, 0.3) is 0 Å². The molecule has 4 rings (SSSR count). The topological polar surface area (TPSA) is 53.0 Å². The number of allylic oxidation sites excluding steroid dienone is 1. The molecule has 218 valence electrons. The molecule has 1 aliphatic heterocycles. The number of amides is 1. The van der Waals surface area contributed by atoms with Crippen molar-refractivity contribution >= 4 is 23.2 Å². The predicted octanol–water partition coefficient (Wildman–Crippen LogP) is 7.42. The van der Waals surface area contributed by atoms with Crippen LogP contribution in [0, 0.1) is 17.8 Å². The smallest absolute Gasteiger partial charge is 0.219 e. The number of benzene rings is 2. The molecule has 1 amide bonds. The van der Waals surface area contributed by atoms with E-state index in [1.807, 2.05) is 32.2 Å². The Balaban J connectivity index is 1.54. The molecule has 5 nitrogen and oxygen atoms in total. The zero-order valence-corrected chi connectivity index (χ0v) is 25.7. The molecule has 5 atom stereocenters. The van der Waals surface area contributed by atoms with Crippen LogP contribution in [0.15, 0.2) is 48.6 Å². The Hall–Kier alpha value is -2.50. The molecule has 1 aliphatic carbocycles. The van der Waals surface area contributed by atoms with Gasteiger partial charge in [0.15, 0.2) is 0 Å². The number of aryl methyl sites for hydroxylation is 1. The summed E-state index contributed by atoms with van der Waals surface area (Å²) in [6.07, 6.45) is 9.51. The van der Waals surface area contributed by atoms with Gasteiger partial charge >= 0.3 is 0 Å². The summed E-state index contributed by atoms with van der Waals surface area (Å²) in [6, 6.07) is 12.5. The first-order valence-corrected chi connectivity index (χ1v) is 15.4. The van der Waals surface area contributed by atoms with Gasteiger partial charge in [0.05, 0.1) is 18.4 Å². The summed E-state index contributed by atoms with van der Waals surface area (Å²) in [5.74, 6) is 2.98. The molecule has 1 heterocycles. The van der Waals surface area contributed by atoms with E-state index in [0.29, 0.717) is 24.4 Å². The van der Waals surface area contributed by atoms with Crippen LogP contribution in [0.4, 0.5) is 5.69 Å². The van der Waals surface area contributed by atoms with Gasteiger partial charge in [-0.15, -0.1) is 0 Å². The lowest BCUT2D eigenvalue weighted by atomic mass is 9.67. The first kappa shape index (κ1) is 30.5. The SMILES string of the molecule is CCCc1cc(Cl)ccc1C1COc2ccc(C(C)O)cc2N(CC2CCC2C(C)/C=C/CCN(C)C(C)=O)C1. The Labute approximate surface area is 246 Å². The fourth-order valence-electron chi connectivity index (χ4n) is 6.27. The van der Waals surface area contributed by atoms with Gasteiger partial charge in [-0.25, -0.2) is 0 Å². The summed E-state index contributed by atoms with van der Waals surface area (Å²) in [5.41, 5.74) is 4.65. The van der Waals surface area contributed by atoms with Crippen molar-refractivity contribution < 1.29 is 14.6 Å². The predicted molar refractivity (Wildman–Crippen MR) is 165 cm³/mol. The van der Waals surface area contributed by atoms with Gasteiger partial charge in [0, 0.05) is 44.5 Å². The van der Waals surface area contributed by atoms with Gasteiger partial charge in [0.2, 0.25) is 5.91 Å². The van der Waals surface area contributed by atoms with Crippen LogP contribution in [0.1, 0.15) is 82.1 Å². The molecule has 6 heteroatoms. The molecule has 2 aromatic rings. The lowest BCUT2D eigenvalue weighted by Crippen LogP contribution is -2.42. The maximum absolute atomic E-state index is 11.5. The second-order valence-electron chi connectivity index (χ2n) is 11.9. The van der Waals surface area contributed by atoms with E-state index in [1.54, 1.807) is 11.8 Å². The summed E-state index contributed by atoms with van der Waals surface area (Å²) in [5, 5.41) is 11.1. The number of aliphatic hydroxyl groups is 1. The maximum Gasteiger partial charge on any atom is 0.219 e. The molecule has 0 bridgehead atoms. The fraction of sp³-hybridized carbons (Fsp3) is 0.559. The van der Waals surface area contributed by atoms with Crippen LogP contribution >= 0.6 is 11.6 Å². The summed E-state index contributed by atoms with van der Waals surface area (Å²) in [6.45, 7) is 11.2. The van der Waals surface area contributed by atoms with Crippen LogP contribution in [-0.4, -0.2) is 49.2 Å². The lowest BCUT2D eigenvalue weighted by molar-refractivity contribution is -0.127. The van der Waals surface area contributed by atoms with Crippen LogP contribution in [0.3, 0.4) is 0 Å². The third kappa shape index (κ3) is 7.41. The highest BCUT2D eigenvalue weighted by molar-refractivity contribution is 6.30. The molecule has 0 spiro atoms. The van der Waals surface area contributed by atoms with Gasteiger partial charge in [-0.2, -0.15) is 0 Å². The number of anilines is 1. The van der Waals surface area contributed by atoms with Gasteiger partial charge in [-0.05, 0) is 91.3 Å². The Morgan fingerprint density at radius 3 is 2.70 bits per heavy atom. The highest BCUT2D eigenvalue weighted by atomic mass is 35.5. The monoisotopic (exact) mass is 566 g/mol. The summed E-state index contributed by atoms with van der Waals surface area (Å²) >= 11 is 6.40. The van der Waals surface area contributed by atoms with Crippen LogP contribution < -0.4 is 9.64 Å². The van der Waals surface area contributed by atoms with Crippen molar-refractivity contribution in [2.24, 2.45) is 17.8 Å². The van der Waals surface area contributed by atoms with E-state index < -0.39 is 6.10 Å². The standard InChI is InChI=1S/C34H47ClN2O3/c1-6-9-27-18-30(35)13-15-32(27)29-21-37(33-19-26(24(3)38)12-16-34(33)40-22-29)20-28-11-14-31(28)23(2)10-7-8-17-36(5)25(4)39/h7,10,12-13,15-16,18-19,23-24,28-29,31,38H,6,8-9,11,14,17,20-22H2,1-5H3/b10-7+. The molecule has 1 fully saturated rings. The van der Waals surface area contributed by atoms with Crippen molar-refractivity contribution in [2.45, 2.75) is 71.8 Å². The quantitative estimate of drug-likeness (QED) is 0.288. The highest BCUT2D eigenvalue weighted by Crippen LogP contribution is 2.44. The number of carbonyl (C=O) groups is 1. The van der Waals surface area contributed by atoms with Gasteiger partial charge in [-0.3, -0.25) is 4.79 Å². The number of rotatable bonds is 11. The number of halogens is 1. The maximum atomic E-state index is 11.5. The third-order valence-electron chi connectivity index (χ3n) is 8.97. The van der Waals surface area contributed by atoms with E-state index in [4.69, 9.17) is 16.3 Å². The number of ether oxygens (including phenoxy) is 1. The molecular weight excluding hydrogens is 520 g/mol. The lowest BCUT2D eigenvalue weighted by Gasteiger charge is -2.43. The Morgan fingerprint density at radius 1 is 1.23 bits per heavy atom. The van der Waals surface area contributed by atoms with Gasteiger partial charge in [0.25, 0.3) is 0 Å². The molecule has 2 aromatic carbocycles. The van der Waals surface area contributed by atoms with E-state index in [1.165, 1.54) is 24.0 Å². The average Bonchev–Trinajstić information content (AvgIpc) is 3.08. The number of fused-ring (bicyclic) bond motifs is 1. The minimum Gasteiger partial charge on any atom is -0.491 e. The number of carbonyl (C=O) groups excluding carboxylic acids is 1. The minimum atomic E-state index is -0.526. The second-order valence-corrected chi connectivity index (χ2v) is 12.4. The molecule has 5 unspecified atom stereocenters. The van der Waals surface area contributed by atoms with Gasteiger partial charge in [0.1, 0.15) is 5.75 Å². The summed E-state index contributed by atoms with van der Waals surface area (Å²) in [4.78, 5) is 15.8. The van der Waals surface area contributed by atoms with E-state index in [0.717, 1.165) is 60.9 Å².